The van der Waals surface area contributed by atoms with Crippen LogP contribution in [0.2, 0.25) is 0 Å². The Labute approximate surface area is 372 Å². The van der Waals surface area contributed by atoms with Crippen molar-refractivity contribution in [3.8, 4) is 0 Å². The standard InChI is InChI=1S/C54H98O6/c1-4-7-10-13-16-19-21-23-25-26-27-29-30-32-35-38-41-44-47-53(56)59-50-51(49-58-52(55)46-43-40-37-34-18-15-12-9-6-3)60-54(57)48-45-42-39-36-33-31-28-24-22-20-17-14-11-8-5-2/h17,20,24,28,33,36,51H,4-16,18-19,21-23,25-27,29-32,34-35,37-50H2,1-3H3/b20-17-,28-24-,36-33-/t51-/m1/s1. The first-order valence-corrected chi connectivity index (χ1v) is 26.0. The van der Waals surface area contributed by atoms with Crippen LogP contribution in [0.4, 0.5) is 0 Å². The van der Waals surface area contributed by atoms with Gasteiger partial charge in [-0.25, -0.2) is 0 Å². The Balaban J connectivity index is 4.33. The summed E-state index contributed by atoms with van der Waals surface area (Å²) in [5, 5.41) is 0. The van der Waals surface area contributed by atoms with Crippen LogP contribution in [0.1, 0.15) is 271 Å². The molecule has 350 valence electrons. The second kappa shape index (κ2) is 49.3. The second-order valence-corrected chi connectivity index (χ2v) is 17.4. The quantitative estimate of drug-likeness (QED) is 0.0263. The fourth-order valence-corrected chi connectivity index (χ4v) is 7.45. The van der Waals surface area contributed by atoms with E-state index in [2.05, 4.69) is 57.2 Å². The molecular formula is C54H98O6. The molecule has 0 rings (SSSR count). The third-order valence-electron chi connectivity index (χ3n) is 11.4. The van der Waals surface area contributed by atoms with E-state index in [1.54, 1.807) is 0 Å². The molecule has 0 saturated heterocycles. The van der Waals surface area contributed by atoms with Crippen LogP contribution in [-0.4, -0.2) is 37.2 Å². The van der Waals surface area contributed by atoms with E-state index in [0.717, 1.165) is 64.2 Å². The summed E-state index contributed by atoms with van der Waals surface area (Å²) < 4.78 is 16.7. The predicted molar refractivity (Wildman–Crippen MR) is 256 cm³/mol. The van der Waals surface area contributed by atoms with Crippen LogP contribution < -0.4 is 0 Å². The van der Waals surface area contributed by atoms with Crippen molar-refractivity contribution in [2.24, 2.45) is 0 Å². The second-order valence-electron chi connectivity index (χ2n) is 17.4. The number of hydrogen-bond acceptors (Lipinski definition) is 6. The first kappa shape index (κ1) is 57.6. The number of carbonyl (C=O) groups excluding carboxylic acids is 3. The summed E-state index contributed by atoms with van der Waals surface area (Å²) in [6.45, 7) is 6.58. The zero-order valence-electron chi connectivity index (χ0n) is 40.0. The first-order chi connectivity index (χ1) is 29.5. The lowest BCUT2D eigenvalue weighted by Gasteiger charge is -2.18. The topological polar surface area (TPSA) is 78.9 Å². The summed E-state index contributed by atoms with van der Waals surface area (Å²) in [6.07, 6.45) is 57.1. The molecular weight excluding hydrogens is 745 g/mol. The van der Waals surface area contributed by atoms with Crippen molar-refractivity contribution >= 4 is 17.9 Å². The van der Waals surface area contributed by atoms with Crippen molar-refractivity contribution in [3.63, 3.8) is 0 Å². The van der Waals surface area contributed by atoms with Gasteiger partial charge < -0.3 is 14.2 Å². The summed E-state index contributed by atoms with van der Waals surface area (Å²) in [5.74, 6) is -0.914. The number of unbranched alkanes of at least 4 members (excludes halogenated alkanes) is 30. The minimum absolute atomic E-state index is 0.0835. The molecule has 0 aliphatic heterocycles. The molecule has 0 heterocycles. The fourth-order valence-electron chi connectivity index (χ4n) is 7.45. The number of esters is 3. The van der Waals surface area contributed by atoms with Gasteiger partial charge >= 0.3 is 17.9 Å². The highest BCUT2D eigenvalue weighted by molar-refractivity contribution is 5.71. The average molecular weight is 843 g/mol. The van der Waals surface area contributed by atoms with Crippen molar-refractivity contribution in [1.82, 2.24) is 0 Å². The molecule has 0 saturated carbocycles. The van der Waals surface area contributed by atoms with Crippen LogP contribution in [0.15, 0.2) is 36.5 Å². The maximum atomic E-state index is 12.7. The fraction of sp³-hybridized carbons (Fsp3) is 0.833. The number of carbonyl (C=O) groups is 3. The SMILES string of the molecule is CCCCC/C=C\C/C=C\C/C=C\CCCCC(=O)O[C@H](COC(=O)CCCCCCCCCCC)COC(=O)CCCCCCCCCCCCCCCCCCCC. The minimum atomic E-state index is -0.785. The van der Waals surface area contributed by atoms with Gasteiger partial charge in [0.1, 0.15) is 13.2 Å². The third kappa shape index (κ3) is 46.7. The van der Waals surface area contributed by atoms with Gasteiger partial charge in [-0.3, -0.25) is 14.4 Å². The van der Waals surface area contributed by atoms with Gasteiger partial charge in [-0.05, 0) is 57.8 Å². The van der Waals surface area contributed by atoms with Crippen molar-refractivity contribution < 1.29 is 28.6 Å². The van der Waals surface area contributed by atoms with Gasteiger partial charge in [0.2, 0.25) is 0 Å². The number of rotatable bonds is 47. The van der Waals surface area contributed by atoms with Crippen LogP contribution in [0.5, 0.6) is 0 Å². The van der Waals surface area contributed by atoms with E-state index < -0.39 is 6.10 Å². The normalized spacial score (nSPS) is 12.2. The molecule has 0 unspecified atom stereocenters. The third-order valence-corrected chi connectivity index (χ3v) is 11.4. The molecule has 0 radical (unpaired) electrons. The zero-order valence-corrected chi connectivity index (χ0v) is 40.0. The minimum Gasteiger partial charge on any atom is -0.462 e. The van der Waals surface area contributed by atoms with Crippen LogP contribution in [-0.2, 0) is 28.6 Å². The van der Waals surface area contributed by atoms with Crippen LogP contribution in [0.3, 0.4) is 0 Å². The molecule has 6 nitrogen and oxygen atoms in total. The molecule has 0 aliphatic rings. The van der Waals surface area contributed by atoms with E-state index in [0.29, 0.717) is 19.3 Å². The summed E-state index contributed by atoms with van der Waals surface area (Å²) in [5.41, 5.74) is 0. The number of allylic oxidation sites excluding steroid dienone is 6. The lowest BCUT2D eigenvalue weighted by molar-refractivity contribution is -0.167. The smallest absolute Gasteiger partial charge is 0.306 e. The molecule has 0 aliphatic carbocycles. The summed E-state index contributed by atoms with van der Waals surface area (Å²) in [4.78, 5) is 37.9. The molecule has 60 heavy (non-hydrogen) atoms. The molecule has 0 aromatic heterocycles. The van der Waals surface area contributed by atoms with E-state index in [9.17, 15) is 14.4 Å². The van der Waals surface area contributed by atoms with Gasteiger partial charge in [0.25, 0.3) is 0 Å². The van der Waals surface area contributed by atoms with Gasteiger partial charge in [0.05, 0.1) is 0 Å². The number of hydrogen-bond donors (Lipinski definition) is 0. The van der Waals surface area contributed by atoms with Crippen molar-refractivity contribution in [2.75, 3.05) is 13.2 Å². The van der Waals surface area contributed by atoms with E-state index >= 15 is 0 Å². The van der Waals surface area contributed by atoms with Crippen LogP contribution >= 0.6 is 0 Å². The van der Waals surface area contributed by atoms with E-state index in [-0.39, 0.29) is 37.5 Å². The Morgan fingerprint density at radius 1 is 0.333 bits per heavy atom. The van der Waals surface area contributed by atoms with Crippen LogP contribution in [0, 0.1) is 0 Å². The molecule has 0 amide bonds. The highest BCUT2D eigenvalue weighted by atomic mass is 16.6. The van der Waals surface area contributed by atoms with Crippen molar-refractivity contribution in [2.45, 2.75) is 277 Å². The number of ether oxygens (including phenoxy) is 3. The van der Waals surface area contributed by atoms with Gasteiger partial charge in [-0.1, -0.05) is 231 Å². The highest BCUT2D eigenvalue weighted by Gasteiger charge is 2.19. The molecule has 0 spiro atoms. The zero-order chi connectivity index (χ0) is 43.7. The maximum absolute atomic E-state index is 12.7. The largest absolute Gasteiger partial charge is 0.462 e. The van der Waals surface area contributed by atoms with Gasteiger partial charge in [0, 0.05) is 19.3 Å². The van der Waals surface area contributed by atoms with E-state index in [4.69, 9.17) is 14.2 Å². The molecule has 0 aromatic rings. The Kier molecular flexibility index (Phi) is 47.3. The van der Waals surface area contributed by atoms with Gasteiger partial charge in [-0.15, -0.1) is 0 Å². The van der Waals surface area contributed by atoms with E-state index in [1.807, 2.05) is 0 Å². The Bertz CT molecular complexity index is 1020. The summed E-state index contributed by atoms with van der Waals surface area (Å²) >= 11 is 0. The molecule has 0 bridgehead atoms. The molecule has 1 atom stereocenters. The van der Waals surface area contributed by atoms with Crippen LogP contribution in [0.25, 0.3) is 0 Å². The monoisotopic (exact) mass is 843 g/mol. The van der Waals surface area contributed by atoms with Gasteiger partial charge in [-0.2, -0.15) is 0 Å². The lowest BCUT2D eigenvalue weighted by Crippen LogP contribution is -2.30. The van der Waals surface area contributed by atoms with Crippen molar-refractivity contribution in [1.29, 1.82) is 0 Å². The first-order valence-electron chi connectivity index (χ1n) is 26.0. The highest BCUT2D eigenvalue weighted by Crippen LogP contribution is 2.16. The Hall–Kier alpha value is -2.37. The lowest BCUT2D eigenvalue weighted by atomic mass is 10.0. The van der Waals surface area contributed by atoms with Gasteiger partial charge in [0.15, 0.2) is 6.10 Å². The molecule has 0 N–H and O–H groups in total. The predicted octanol–water partition coefficient (Wildman–Crippen LogP) is 16.9. The Morgan fingerprint density at radius 3 is 0.967 bits per heavy atom. The summed E-state index contributed by atoms with van der Waals surface area (Å²) in [7, 11) is 0. The molecule has 0 fully saturated rings. The van der Waals surface area contributed by atoms with E-state index in [1.165, 1.54) is 161 Å². The molecule has 6 heteroatoms. The maximum Gasteiger partial charge on any atom is 0.306 e. The van der Waals surface area contributed by atoms with Crippen molar-refractivity contribution in [3.05, 3.63) is 36.5 Å². The average Bonchev–Trinajstić information content (AvgIpc) is 3.24. The Morgan fingerprint density at radius 2 is 0.600 bits per heavy atom. The molecule has 0 aromatic carbocycles. The summed E-state index contributed by atoms with van der Waals surface area (Å²) in [6, 6.07) is 0.